The van der Waals surface area contributed by atoms with Crippen molar-refractivity contribution in [1.82, 2.24) is 29.5 Å². The number of rotatable bonds is 5. The van der Waals surface area contributed by atoms with Gasteiger partial charge in [0.05, 0.1) is 30.1 Å². The van der Waals surface area contributed by atoms with E-state index in [-0.39, 0.29) is 24.1 Å². The van der Waals surface area contributed by atoms with Gasteiger partial charge in [-0.05, 0) is 37.8 Å². The number of aromatic nitrogens is 5. The molecule has 0 saturated heterocycles. The molecule has 2 aliphatic rings. The number of carbonyl (C=O) groups excluding carboxylic acids is 1. The van der Waals surface area contributed by atoms with Crippen molar-refractivity contribution in [2.45, 2.75) is 50.0 Å². The van der Waals surface area contributed by atoms with Crippen LogP contribution in [-0.2, 0) is 0 Å². The van der Waals surface area contributed by atoms with Crippen LogP contribution in [0.3, 0.4) is 0 Å². The summed E-state index contributed by atoms with van der Waals surface area (Å²) in [6.45, 7) is 0. The highest BCUT2D eigenvalue weighted by molar-refractivity contribution is 6.01. The van der Waals surface area contributed by atoms with E-state index in [9.17, 15) is 15.0 Å². The van der Waals surface area contributed by atoms with Gasteiger partial charge in [-0.1, -0.05) is 0 Å². The lowest BCUT2D eigenvalue weighted by Gasteiger charge is -2.32. The van der Waals surface area contributed by atoms with Gasteiger partial charge < -0.3 is 25.4 Å². The molecule has 10 nitrogen and oxygen atoms in total. The number of nitrogens with one attached hydrogen (secondary N) is 2. The third-order valence-corrected chi connectivity index (χ3v) is 6.87. The maximum absolute atomic E-state index is 12.9. The molecular formula is C23H25N7O3. The van der Waals surface area contributed by atoms with Crippen molar-refractivity contribution in [2.24, 2.45) is 0 Å². The second-order valence-electron chi connectivity index (χ2n) is 8.90. The van der Waals surface area contributed by atoms with E-state index in [1.165, 1.54) is 6.20 Å². The number of hydrogen-bond acceptors (Lipinski definition) is 7. The van der Waals surface area contributed by atoms with Crippen LogP contribution in [0.1, 0.15) is 42.1 Å². The van der Waals surface area contributed by atoms with Crippen LogP contribution in [0.15, 0.2) is 36.8 Å². The molecule has 33 heavy (non-hydrogen) atoms. The van der Waals surface area contributed by atoms with Crippen LogP contribution in [0.25, 0.3) is 27.9 Å². The second-order valence-corrected chi connectivity index (χ2v) is 8.90. The van der Waals surface area contributed by atoms with Gasteiger partial charge in [-0.2, -0.15) is 9.61 Å². The first-order chi connectivity index (χ1) is 16.0. The quantitative estimate of drug-likeness (QED) is 0.367. The molecule has 4 aromatic rings. The lowest BCUT2D eigenvalue weighted by atomic mass is 9.89. The minimum Gasteiger partial charge on any atom is -0.393 e. The van der Waals surface area contributed by atoms with E-state index in [0.29, 0.717) is 42.0 Å². The van der Waals surface area contributed by atoms with Crippen molar-refractivity contribution in [3.8, 4) is 11.3 Å². The van der Waals surface area contributed by atoms with Gasteiger partial charge in [0.25, 0.3) is 5.91 Å². The zero-order valence-corrected chi connectivity index (χ0v) is 18.1. The molecule has 2 saturated carbocycles. The molecule has 2 aliphatic carbocycles. The predicted octanol–water partition coefficient (Wildman–Crippen LogP) is 1.74. The first kappa shape index (κ1) is 20.1. The number of aliphatic hydroxyl groups is 2. The fourth-order valence-corrected chi connectivity index (χ4v) is 4.69. The van der Waals surface area contributed by atoms with Gasteiger partial charge in [0.2, 0.25) is 0 Å². The normalized spacial score (nSPS) is 24.5. The summed E-state index contributed by atoms with van der Waals surface area (Å²) in [5.74, 6) is 0.398. The summed E-state index contributed by atoms with van der Waals surface area (Å²) in [6, 6.07) is 5.77. The van der Waals surface area contributed by atoms with Gasteiger partial charge in [-0.3, -0.25) is 4.79 Å². The van der Waals surface area contributed by atoms with E-state index >= 15 is 0 Å². The Morgan fingerprint density at radius 1 is 1.21 bits per heavy atom. The Morgan fingerprint density at radius 2 is 2.06 bits per heavy atom. The molecule has 0 spiro atoms. The number of anilines is 1. The topological polar surface area (TPSA) is 130 Å². The van der Waals surface area contributed by atoms with Gasteiger partial charge in [0.15, 0.2) is 5.65 Å². The summed E-state index contributed by atoms with van der Waals surface area (Å²) < 4.78 is 3.72. The van der Waals surface area contributed by atoms with Gasteiger partial charge >= 0.3 is 0 Å². The maximum Gasteiger partial charge on any atom is 0.257 e. The molecule has 0 radical (unpaired) electrons. The molecule has 0 aliphatic heterocycles. The zero-order chi connectivity index (χ0) is 22.7. The van der Waals surface area contributed by atoms with Crippen molar-refractivity contribution < 1.29 is 15.0 Å². The lowest BCUT2D eigenvalue weighted by molar-refractivity contribution is 0.0448. The Balaban J connectivity index is 1.46. The highest BCUT2D eigenvalue weighted by Gasteiger charge is 2.32. The Morgan fingerprint density at radius 3 is 2.76 bits per heavy atom. The number of nitrogens with zero attached hydrogens (tertiary/aromatic N) is 5. The highest BCUT2D eigenvalue weighted by Crippen LogP contribution is 2.38. The average Bonchev–Trinajstić information content (AvgIpc) is 3.40. The van der Waals surface area contributed by atoms with E-state index in [0.717, 1.165) is 23.0 Å². The average molecular weight is 447 g/mol. The lowest BCUT2D eigenvalue weighted by Crippen LogP contribution is -2.50. The molecule has 0 aromatic carbocycles. The Bertz CT molecular complexity index is 1370. The van der Waals surface area contributed by atoms with Crippen molar-refractivity contribution in [3.63, 3.8) is 0 Å². The smallest absolute Gasteiger partial charge is 0.257 e. The summed E-state index contributed by atoms with van der Waals surface area (Å²) in [6.07, 6.45) is 7.39. The maximum atomic E-state index is 12.9. The molecule has 4 N–H and O–H groups in total. The largest absolute Gasteiger partial charge is 0.393 e. The highest BCUT2D eigenvalue weighted by atomic mass is 16.3. The molecule has 2 fully saturated rings. The van der Waals surface area contributed by atoms with Crippen LogP contribution in [0, 0.1) is 0 Å². The molecule has 4 aromatic heterocycles. The van der Waals surface area contributed by atoms with E-state index < -0.39 is 6.10 Å². The van der Waals surface area contributed by atoms with Gasteiger partial charge in [0.1, 0.15) is 17.0 Å². The summed E-state index contributed by atoms with van der Waals surface area (Å²) >= 11 is 0. The van der Waals surface area contributed by atoms with Crippen LogP contribution >= 0.6 is 0 Å². The van der Waals surface area contributed by atoms with E-state index in [4.69, 9.17) is 4.98 Å². The molecule has 0 bridgehead atoms. The van der Waals surface area contributed by atoms with E-state index in [1.54, 1.807) is 17.8 Å². The molecule has 2 atom stereocenters. The summed E-state index contributed by atoms with van der Waals surface area (Å²) in [4.78, 5) is 22.3. The Kier molecular flexibility index (Phi) is 4.59. The van der Waals surface area contributed by atoms with Crippen molar-refractivity contribution >= 4 is 28.4 Å². The predicted molar refractivity (Wildman–Crippen MR) is 122 cm³/mol. The van der Waals surface area contributed by atoms with Crippen molar-refractivity contribution in [3.05, 3.63) is 42.4 Å². The van der Waals surface area contributed by atoms with E-state index in [2.05, 4.69) is 25.3 Å². The molecule has 6 rings (SSSR count). The number of pyridine rings is 1. The SMILES string of the molecule is CNc1cc(-c2cn([C@H]3C[C@@H](O)C3)c3ncccc23)nc2c(C(=O)N[C@@H]3CC[C@@H]3O)cnn12. The van der Waals surface area contributed by atoms with Crippen LogP contribution in [0.4, 0.5) is 5.82 Å². The number of carbonyl (C=O) groups is 1. The minimum absolute atomic E-state index is 0.198. The van der Waals surface area contributed by atoms with Crippen LogP contribution < -0.4 is 10.6 Å². The van der Waals surface area contributed by atoms with E-state index in [1.807, 2.05) is 24.4 Å². The fraction of sp³-hybridized carbons (Fsp3) is 0.391. The number of aliphatic hydroxyl groups excluding tert-OH is 2. The standard InChI is InChI=1S/C23H25N7O3/c1-24-20-9-18(16-11-29(12-7-13(31)8-12)21-14(16)3-2-6-25-21)27-22-15(10-26-30(20)22)23(33)28-17-4-5-19(17)32/h2-3,6,9-13,17,19,24,31-32H,4-5,7-8H2,1H3,(H,28,33)/t12-,13+,17-,19+/m1/s1. The van der Waals surface area contributed by atoms with Crippen molar-refractivity contribution in [2.75, 3.05) is 12.4 Å². The summed E-state index contributed by atoms with van der Waals surface area (Å²) in [7, 11) is 1.80. The first-order valence-corrected chi connectivity index (χ1v) is 11.2. The number of fused-ring (bicyclic) bond motifs is 2. The van der Waals surface area contributed by atoms with Gasteiger partial charge in [-0.25, -0.2) is 9.97 Å². The van der Waals surface area contributed by atoms with Crippen LogP contribution in [0.5, 0.6) is 0 Å². The fourth-order valence-electron chi connectivity index (χ4n) is 4.69. The Labute approximate surface area is 189 Å². The third kappa shape index (κ3) is 3.17. The monoisotopic (exact) mass is 447 g/mol. The third-order valence-electron chi connectivity index (χ3n) is 6.87. The van der Waals surface area contributed by atoms with Gasteiger partial charge in [-0.15, -0.1) is 0 Å². The molecular weight excluding hydrogens is 422 g/mol. The minimum atomic E-state index is -0.504. The Hall–Kier alpha value is -3.50. The van der Waals surface area contributed by atoms with Crippen LogP contribution in [-0.4, -0.2) is 65.6 Å². The number of amides is 1. The summed E-state index contributed by atoms with van der Waals surface area (Å²) in [5, 5.41) is 31.0. The van der Waals surface area contributed by atoms with Gasteiger partial charge in [0, 0.05) is 42.5 Å². The zero-order valence-electron chi connectivity index (χ0n) is 18.1. The molecule has 10 heteroatoms. The first-order valence-electron chi connectivity index (χ1n) is 11.2. The number of hydrogen-bond donors (Lipinski definition) is 4. The molecule has 4 heterocycles. The second kappa shape index (κ2) is 7.53. The summed E-state index contributed by atoms with van der Waals surface area (Å²) in [5.41, 5.74) is 3.24. The van der Waals surface area contributed by atoms with Crippen molar-refractivity contribution in [1.29, 1.82) is 0 Å². The van der Waals surface area contributed by atoms with Crippen LogP contribution in [0.2, 0.25) is 0 Å². The molecule has 170 valence electrons. The molecule has 1 amide bonds. The molecule has 0 unspecified atom stereocenters.